The summed E-state index contributed by atoms with van der Waals surface area (Å²) in [6.07, 6.45) is 5.24. The minimum atomic E-state index is -0.950. The highest BCUT2D eigenvalue weighted by molar-refractivity contribution is 6.34. The van der Waals surface area contributed by atoms with Crippen LogP contribution in [0.25, 0.3) is 0 Å². The number of carbonyl (C=O) groups is 1. The van der Waals surface area contributed by atoms with E-state index in [9.17, 15) is 9.90 Å². The van der Waals surface area contributed by atoms with Gasteiger partial charge in [-0.1, -0.05) is 31.4 Å². The number of hydrogen-bond donors (Lipinski definition) is 1. The lowest BCUT2D eigenvalue weighted by molar-refractivity contribution is 0.0696. The SMILES string of the molecule is CCc1nc(C2CCCC2)c(Cl)c(C(=O)O)c1C. The zero-order valence-corrected chi connectivity index (χ0v) is 11.5. The second-order valence-electron chi connectivity index (χ2n) is 4.90. The van der Waals surface area contributed by atoms with Crippen LogP contribution < -0.4 is 0 Å². The first-order chi connectivity index (χ1) is 8.56. The predicted octanol–water partition coefficient (Wildman–Crippen LogP) is 3.96. The van der Waals surface area contributed by atoms with Gasteiger partial charge in [0.05, 0.1) is 16.3 Å². The fourth-order valence-electron chi connectivity index (χ4n) is 2.78. The molecule has 0 unspecified atom stereocenters. The Morgan fingerprint density at radius 3 is 2.56 bits per heavy atom. The van der Waals surface area contributed by atoms with Gasteiger partial charge in [-0.2, -0.15) is 0 Å². The molecule has 98 valence electrons. The van der Waals surface area contributed by atoms with Crippen molar-refractivity contribution in [1.82, 2.24) is 4.98 Å². The third kappa shape index (κ3) is 2.24. The number of aromatic nitrogens is 1. The molecule has 18 heavy (non-hydrogen) atoms. The van der Waals surface area contributed by atoms with Crippen molar-refractivity contribution in [2.24, 2.45) is 0 Å². The molecule has 0 spiro atoms. The van der Waals surface area contributed by atoms with Crippen LogP contribution in [0.4, 0.5) is 0 Å². The summed E-state index contributed by atoms with van der Waals surface area (Å²) in [6.45, 7) is 3.78. The average Bonchev–Trinajstić information content (AvgIpc) is 2.82. The topological polar surface area (TPSA) is 50.2 Å². The summed E-state index contributed by atoms with van der Waals surface area (Å²) in [5, 5.41) is 9.67. The van der Waals surface area contributed by atoms with E-state index in [-0.39, 0.29) is 5.56 Å². The minimum Gasteiger partial charge on any atom is -0.478 e. The van der Waals surface area contributed by atoms with Gasteiger partial charge in [-0.25, -0.2) is 4.79 Å². The smallest absolute Gasteiger partial charge is 0.337 e. The average molecular weight is 268 g/mol. The van der Waals surface area contributed by atoms with Crippen molar-refractivity contribution >= 4 is 17.6 Å². The minimum absolute atomic E-state index is 0.241. The predicted molar refractivity (Wildman–Crippen MR) is 71.5 cm³/mol. The monoisotopic (exact) mass is 267 g/mol. The Balaban J connectivity index is 2.59. The molecule has 4 heteroatoms. The van der Waals surface area contributed by atoms with Crippen LogP contribution in [0, 0.1) is 6.92 Å². The molecular weight excluding hydrogens is 250 g/mol. The van der Waals surface area contributed by atoms with Crippen molar-refractivity contribution in [3.63, 3.8) is 0 Å². The van der Waals surface area contributed by atoms with Crippen molar-refractivity contribution in [1.29, 1.82) is 0 Å². The van der Waals surface area contributed by atoms with Crippen LogP contribution in [0.5, 0.6) is 0 Å². The fraction of sp³-hybridized carbons (Fsp3) is 0.571. The summed E-state index contributed by atoms with van der Waals surface area (Å²) in [4.78, 5) is 16.0. The number of carboxylic acid groups (broad SMARTS) is 1. The highest BCUT2D eigenvalue weighted by Gasteiger charge is 2.26. The Morgan fingerprint density at radius 2 is 2.06 bits per heavy atom. The van der Waals surface area contributed by atoms with E-state index >= 15 is 0 Å². The Kier molecular flexibility index (Phi) is 3.91. The second kappa shape index (κ2) is 5.27. The first-order valence-corrected chi connectivity index (χ1v) is 6.86. The molecule has 1 aromatic heterocycles. The van der Waals surface area contributed by atoms with E-state index in [4.69, 9.17) is 11.6 Å². The number of aromatic carboxylic acids is 1. The molecular formula is C14H18ClNO2. The largest absolute Gasteiger partial charge is 0.478 e. The zero-order chi connectivity index (χ0) is 13.3. The molecule has 0 saturated heterocycles. The lowest BCUT2D eigenvalue weighted by atomic mass is 9.97. The summed E-state index contributed by atoms with van der Waals surface area (Å²) in [5.74, 6) is -0.615. The molecule has 1 aliphatic carbocycles. The molecule has 0 aliphatic heterocycles. The van der Waals surface area contributed by atoms with Gasteiger partial charge in [0.15, 0.2) is 0 Å². The van der Waals surface area contributed by atoms with Crippen molar-refractivity contribution in [2.75, 3.05) is 0 Å². The molecule has 0 amide bonds. The van der Waals surface area contributed by atoms with Gasteiger partial charge in [-0.3, -0.25) is 4.98 Å². The van der Waals surface area contributed by atoms with Crippen LogP contribution >= 0.6 is 11.6 Å². The summed E-state index contributed by atoms with van der Waals surface area (Å²) in [5.41, 5.74) is 2.61. The van der Waals surface area contributed by atoms with Crippen LogP contribution in [-0.4, -0.2) is 16.1 Å². The number of hydrogen-bond acceptors (Lipinski definition) is 2. The maximum Gasteiger partial charge on any atom is 0.337 e. The first-order valence-electron chi connectivity index (χ1n) is 6.48. The van der Waals surface area contributed by atoms with E-state index in [0.29, 0.717) is 16.5 Å². The number of pyridine rings is 1. The number of rotatable bonds is 3. The Bertz CT molecular complexity index is 479. The normalized spacial score (nSPS) is 16.2. The number of halogens is 1. The lowest BCUT2D eigenvalue weighted by Crippen LogP contribution is -2.11. The van der Waals surface area contributed by atoms with Crippen molar-refractivity contribution < 1.29 is 9.90 Å². The van der Waals surface area contributed by atoms with E-state index in [0.717, 1.165) is 30.7 Å². The van der Waals surface area contributed by atoms with Crippen molar-refractivity contribution in [2.45, 2.75) is 51.9 Å². The maximum absolute atomic E-state index is 11.4. The summed E-state index contributed by atoms with van der Waals surface area (Å²) in [7, 11) is 0. The van der Waals surface area contributed by atoms with Crippen molar-refractivity contribution in [3.8, 4) is 0 Å². The Hall–Kier alpha value is -1.09. The van der Waals surface area contributed by atoms with Gasteiger partial charge in [0, 0.05) is 11.6 Å². The molecule has 2 rings (SSSR count). The third-order valence-corrected chi connectivity index (χ3v) is 4.18. The highest BCUT2D eigenvalue weighted by atomic mass is 35.5. The Labute approximate surface area is 112 Å². The van der Waals surface area contributed by atoms with Crippen LogP contribution in [-0.2, 0) is 6.42 Å². The van der Waals surface area contributed by atoms with Gasteiger partial charge in [0.1, 0.15) is 0 Å². The molecule has 1 aliphatic rings. The van der Waals surface area contributed by atoms with E-state index < -0.39 is 5.97 Å². The molecule has 1 saturated carbocycles. The quantitative estimate of drug-likeness (QED) is 0.902. The lowest BCUT2D eigenvalue weighted by Gasteiger charge is -2.16. The number of carboxylic acids is 1. The summed E-state index contributed by atoms with van der Waals surface area (Å²) >= 11 is 6.27. The molecule has 3 nitrogen and oxygen atoms in total. The molecule has 0 atom stereocenters. The standard InChI is InChI=1S/C14H18ClNO2/c1-3-10-8(2)11(14(17)18)12(15)13(16-10)9-6-4-5-7-9/h9H,3-7H2,1-2H3,(H,17,18). The molecule has 0 radical (unpaired) electrons. The Morgan fingerprint density at radius 1 is 1.44 bits per heavy atom. The zero-order valence-electron chi connectivity index (χ0n) is 10.8. The van der Waals surface area contributed by atoms with Crippen LogP contribution in [0.15, 0.2) is 0 Å². The van der Waals surface area contributed by atoms with Crippen molar-refractivity contribution in [3.05, 3.63) is 27.5 Å². The molecule has 1 fully saturated rings. The van der Waals surface area contributed by atoms with E-state index in [2.05, 4.69) is 4.98 Å². The van der Waals surface area contributed by atoms with Gasteiger partial charge in [0.2, 0.25) is 0 Å². The molecule has 0 aromatic carbocycles. The van der Waals surface area contributed by atoms with Gasteiger partial charge in [-0.05, 0) is 31.7 Å². The third-order valence-electron chi connectivity index (χ3n) is 3.80. The fourth-order valence-corrected chi connectivity index (χ4v) is 3.20. The van der Waals surface area contributed by atoms with Gasteiger partial charge in [-0.15, -0.1) is 0 Å². The maximum atomic E-state index is 11.4. The molecule has 1 N–H and O–H groups in total. The van der Waals surface area contributed by atoms with E-state index in [1.807, 2.05) is 6.92 Å². The van der Waals surface area contributed by atoms with Crippen LogP contribution in [0.2, 0.25) is 5.02 Å². The molecule has 0 bridgehead atoms. The van der Waals surface area contributed by atoms with Gasteiger partial charge >= 0.3 is 5.97 Å². The van der Waals surface area contributed by atoms with E-state index in [1.54, 1.807) is 6.92 Å². The summed E-state index contributed by atoms with van der Waals surface area (Å²) in [6, 6.07) is 0. The van der Waals surface area contributed by atoms with E-state index in [1.165, 1.54) is 12.8 Å². The second-order valence-corrected chi connectivity index (χ2v) is 5.28. The summed E-state index contributed by atoms with van der Waals surface area (Å²) < 4.78 is 0. The van der Waals surface area contributed by atoms with Gasteiger partial charge in [0.25, 0.3) is 0 Å². The number of nitrogens with zero attached hydrogens (tertiary/aromatic N) is 1. The van der Waals surface area contributed by atoms with Crippen LogP contribution in [0.3, 0.4) is 0 Å². The first kappa shape index (κ1) is 13.3. The van der Waals surface area contributed by atoms with Crippen LogP contribution in [0.1, 0.15) is 65.8 Å². The molecule has 1 aromatic rings. The highest BCUT2D eigenvalue weighted by Crippen LogP contribution is 2.39. The molecule has 1 heterocycles. The number of aryl methyl sites for hydroxylation is 1. The van der Waals surface area contributed by atoms with Gasteiger partial charge < -0.3 is 5.11 Å².